The van der Waals surface area contributed by atoms with Gasteiger partial charge in [0.2, 0.25) is 0 Å². The van der Waals surface area contributed by atoms with Gasteiger partial charge in [-0.1, -0.05) is 31.5 Å². The van der Waals surface area contributed by atoms with Crippen LogP contribution in [0.3, 0.4) is 0 Å². The average molecular weight is 345 g/mol. The summed E-state index contributed by atoms with van der Waals surface area (Å²) in [6.07, 6.45) is 1.56. The van der Waals surface area contributed by atoms with Gasteiger partial charge in [0.15, 0.2) is 0 Å². The standard InChI is InChI=1S/C18H23N3O4/c1-12(2)17-15(18(24)19-8-9-25-11-16(22)23)10-20-21(17)14-6-4-13(3)5-7-14/h4-7,10,12H,8-9,11H2,1-3H3,(H,19,24)(H,22,23). The Morgan fingerprint density at radius 1 is 1.28 bits per heavy atom. The van der Waals surface area contributed by atoms with Gasteiger partial charge in [-0.25, -0.2) is 9.48 Å². The predicted octanol–water partition coefficient (Wildman–Crippen LogP) is 2.14. The fourth-order valence-electron chi connectivity index (χ4n) is 2.47. The minimum Gasteiger partial charge on any atom is -0.480 e. The van der Waals surface area contributed by atoms with E-state index >= 15 is 0 Å². The number of ether oxygens (including phenoxy) is 1. The lowest BCUT2D eigenvalue weighted by molar-refractivity contribution is -0.142. The third kappa shape index (κ3) is 4.90. The molecule has 7 heteroatoms. The summed E-state index contributed by atoms with van der Waals surface area (Å²) >= 11 is 0. The van der Waals surface area contributed by atoms with Crippen LogP contribution in [0.2, 0.25) is 0 Å². The van der Waals surface area contributed by atoms with Crippen LogP contribution in [0.25, 0.3) is 5.69 Å². The fraction of sp³-hybridized carbons (Fsp3) is 0.389. The smallest absolute Gasteiger partial charge is 0.329 e. The Morgan fingerprint density at radius 3 is 2.56 bits per heavy atom. The number of benzene rings is 1. The summed E-state index contributed by atoms with van der Waals surface area (Å²) in [5, 5.41) is 15.6. The van der Waals surface area contributed by atoms with E-state index in [4.69, 9.17) is 9.84 Å². The maximum absolute atomic E-state index is 12.4. The first-order valence-corrected chi connectivity index (χ1v) is 8.13. The molecule has 0 saturated carbocycles. The molecule has 134 valence electrons. The number of hydrogen-bond acceptors (Lipinski definition) is 4. The van der Waals surface area contributed by atoms with Gasteiger partial charge >= 0.3 is 5.97 Å². The summed E-state index contributed by atoms with van der Waals surface area (Å²) < 4.78 is 6.69. The quantitative estimate of drug-likeness (QED) is 0.715. The zero-order valence-electron chi connectivity index (χ0n) is 14.7. The summed E-state index contributed by atoms with van der Waals surface area (Å²) in [4.78, 5) is 22.8. The van der Waals surface area contributed by atoms with Gasteiger partial charge in [0.25, 0.3) is 5.91 Å². The molecule has 7 nitrogen and oxygen atoms in total. The summed E-state index contributed by atoms with van der Waals surface area (Å²) in [6, 6.07) is 7.94. The van der Waals surface area contributed by atoms with Gasteiger partial charge in [-0.05, 0) is 25.0 Å². The zero-order chi connectivity index (χ0) is 18.4. The lowest BCUT2D eigenvalue weighted by Gasteiger charge is -2.13. The molecule has 0 spiro atoms. The van der Waals surface area contributed by atoms with E-state index in [1.807, 2.05) is 45.0 Å². The number of nitrogens with zero attached hydrogens (tertiary/aromatic N) is 2. The number of carbonyl (C=O) groups is 2. The van der Waals surface area contributed by atoms with E-state index in [0.717, 1.165) is 16.9 Å². The molecule has 0 radical (unpaired) electrons. The Bertz CT molecular complexity index is 735. The van der Waals surface area contributed by atoms with Crippen LogP contribution in [0.15, 0.2) is 30.5 Å². The van der Waals surface area contributed by atoms with Crippen molar-refractivity contribution >= 4 is 11.9 Å². The molecule has 0 aliphatic rings. The van der Waals surface area contributed by atoms with E-state index in [0.29, 0.717) is 5.56 Å². The van der Waals surface area contributed by atoms with E-state index < -0.39 is 5.97 Å². The molecule has 25 heavy (non-hydrogen) atoms. The summed E-state index contributed by atoms with van der Waals surface area (Å²) in [5.74, 6) is -1.18. The van der Waals surface area contributed by atoms with Crippen LogP contribution in [-0.4, -0.2) is 46.5 Å². The Balaban J connectivity index is 2.11. The van der Waals surface area contributed by atoms with Crippen molar-refractivity contribution in [1.82, 2.24) is 15.1 Å². The molecule has 0 unspecified atom stereocenters. The molecule has 0 saturated heterocycles. The second kappa shape index (κ2) is 8.43. The van der Waals surface area contributed by atoms with Crippen molar-refractivity contribution in [3.8, 4) is 5.69 Å². The number of nitrogens with one attached hydrogen (secondary N) is 1. The Kier molecular flexibility index (Phi) is 6.30. The SMILES string of the molecule is Cc1ccc(-n2ncc(C(=O)NCCOCC(=O)O)c2C(C)C)cc1. The Hall–Kier alpha value is -2.67. The van der Waals surface area contributed by atoms with Crippen molar-refractivity contribution in [2.75, 3.05) is 19.8 Å². The van der Waals surface area contributed by atoms with Crippen LogP contribution in [0.5, 0.6) is 0 Å². The highest BCUT2D eigenvalue weighted by atomic mass is 16.5. The minimum atomic E-state index is -1.03. The van der Waals surface area contributed by atoms with Crippen molar-refractivity contribution in [1.29, 1.82) is 0 Å². The molecule has 1 aromatic carbocycles. The second-order valence-corrected chi connectivity index (χ2v) is 6.05. The van der Waals surface area contributed by atoms with Gasteiger partial charge in [-0.15, -0.1) is 0 Å². The molecule has 1 aromatic heterocycles. The molecule has 1 heterocycles. The number of hydrogen-bond donors (Lipinski definition) is 2. The lowest BCUT2D eigenvalue weighted by Crippen LogP contribution is -2.28. The topological polar surface area (TPSA) is 93.5 Å². The van der Waals surface area contributed by atoms with Gasteiger partial charge in [-0.2, -0.15) is 5.10 Å². The third-order valence-corrected chi connectivity index (χ3v) is 3.63. The first-order valence-electron chi connectivity index (χ1n) is 8.13. The van der Waals surface area contributed by atoms with E-state index in [9.17, 15) is 9.59 Å². The number of carbonyl (C=O) groups excluding carboxylic acids is 1. The van der Waals surface area contributed by atoms with Crippen molar-refractivity contribution in [2.24, 2.45) is 0 Å². The summed E-state index contributed by atoms with van der Waals surface area (Å²) in [7, 11) is 0. The summed E-state index contributed by atoms with van der Waals surface area (Å²) in [5.41, 5.74) is 3.39. The van der Waals surface area contributed by atoms with Crippen LogP contribution in [0.4, 0.5) is 0 Å². The number of carboxylic acid groups (broad SMARTS) is 1. The van der Waals surface area contributed by atoms with Crippen molar-refractivity contribution in [2.45, 2.75) is 26.7 Å². The molecule has 2 rings (SSSR count). The van der Waals surface area contributed by atoms with Crippen LogP contribution in [-0.2, 0) is 9.53 Å². The molecular formula is C18H23N3O4. The van der Waals surface area contributed by atoms with Crippen LogP contribution < -0.4 is 5.32 Å². The summed E-state index contributed by atoms with van der Waals surface area (Å²) in [6.45, 7) is 6.03. The molecule has 0 fully saturated rings. The van der Waals surface area contributed by atoms with Gasteiger partial charge in [-0.3, -0.25) is 4.79 Å². The van der Waals surface area contributed by atoms with E-state index in [-0.39, 0.29) is 31.6 Å². The maximum Gasteiger partial charge on any atom is 0.329 e. The molecule has 0 aliphatic carbocycles. The second-order valence-electron chi connectivity index (χ2n) is 6.05. The van der Waals surface area contributed by atoms with E-state index in [1.165, 1.54) is 0 Å². The van der Waals surface area contributed by atoms with Gasteiger partial charge in [0.05, 0.1) is 29.7 Å². The van der Waals surface area contributed by atoms with Gasteiger partial charge in [0.1, 0.15) is 6.61 Å². The number of carboxylic acids is 1. The highest BCUT2D eigenvalue weighted by Crippen LogP contribution is 2.23. The monoisotopic (exact) mass is 345 g/mol. The highest BCUT2D eigenvalue weighted by molar-refractivity contribution is 5.95. The van der Waals surface area contributed by atoms with Crippen molar-refractivity contribution in [3.05, 3.63) is 47.3 Å². The number of aromatic nitrogens is 2. The number of rotatable bonds is 8. The van der Waals surface area contributed by atoms with Gasteiger partial charge in [0, 0.05) is 6.54 Å². The third-order valence-electron chi connectivity index (χ3n) is 3.63. The molecular weight excluding hydrogens is 322 g/mol. The number of aryl methyl sites for hydroxylation is 1. The fourth-order valence-corrected chi connectivity index (χ4v) is 2.47. The number of aliphatic carboxylic acids is 1. The highest BCUT2D eigenvalue weighted by Gasteiger charge is 2.20. The average Bonchev–Trinajstić information content (AvgIpc) is 3.00. The Labute approximate surface area is 146 Å². The zero-order valence-corrected chi connectivity index (χ0v) is 14.7. The van der Waals surface area contributed by atoms with Crippen molar-refractivity contribution < 1.29 is 19.4 Å². The van der Waals surface area contributed by atoms with Crippen molar-refractivity contribution in [3.63, 3.8) is 0 Å². The van der Waals surface area contributed by atoms with E-state index in [2.05, 4.69) is 10.4 Å². The molecule has 2 aromatic rings. The normalized spacial score (nSPS) is 10.9. The molecule has 1 amide bonds. The maximum atomic E-state index is 12.4. The van der Waals surface area contributed by atoms with Gasteiger partial charge < -0.3 is 15.2 Å². The molecule has 0 atom stereocenters. The van der Waals surface area contributed by atoms with E-state index in [1.54, 1.807) is 10.9 Å². The van der Waals surface area contributed by atoms with Crippen LogP contribution >= 0.6 is 0 Å². The van der Waals surface area contributed by atoms with Crippen LogP contribution in [0, 0.1) is 6.92 Å². The Morgan fingerprint density at radius 2 is 1.96 bits per heavy atom. The molecule has 2 N–H and O–H groups in total. The predicted molar refractivity (Wildman–Crippen MR) is 93.2 cm³/mol. The number of amides is 1. The largest absolute Gasteiger partial charge is 0.480 e. The lowest BCUT2D eigenvalue weighted by atomic mass is 10.0. The molecule has 0 bridgehead atoms. The first-order chi connectivity index (χ1) is 11.9. The van der Waals surface area contributed by atoms with Crippen LogP contribution in [0.1, 0.15) is 41.4 Å². The first kappa shape index (κ1) is 18.7. The minimum absolute atomic E-state index is 0.104. The molecule has 0 aliphatic heterocycles.